The normalized spacial score (nSPS) is 10.0. The van der Waals surface area contributed by atoms with E-state index in [9.17, 15) is 14.4 Å². The second-order valence-electron chi connectivity index (χ2n) is 4.59. The van der Waals surface area contributed by atoms with Gasteiger partial charge in [0.1, 0.15) is 0 Å². The van der Waals surface area contributed by atoms with E-state index in [-0.39, 0.29) is 17.0 Å². The summed E-state index contributed by atoms with van der Waals surface area (Å²) in [6.07, 6.45) is 1.36. The van der Waals surface area contributed by atoms with Gasteiger partial charge in [-0.3, -0.25) is 4.79 Å². The summed E-state index contributed by atoms with van der Waals surface area (Å²) in [6, 6.07) is 7.97. The maximum Gasteiger partial charge on any atom is 0.375 e. The van der Waals surface area contributed by atoms with Crippen LogP contribution in [-0.4, -0.2) is 31.6 Å². The Morgan fingerprint density at radius 2 is 1.87 bits per heavy atom. The van der Waals surface area contributed by atoms with Crippen molar-refractivity contribution in [2.75, 3.05) is 19.0 Å². The van der Waals surface area contributed by atoms with Crippen LogP contribution in [0.5, 0.6) is 0 Å². The number of benzene rings is 1. The molecule has 0 aliphatic heterocycles. The number of amides is 1. The standard InChI is InChI=1S/C16H15NO6/c1-10-7-8-22-14(10)16(20)23-9-13(18)17-12-6-4-3-5-11(12)15(19)21-2/h3-8H,9H2,1-2H3,(H,17,18). The van der Waals surface area contributed by atoms with Crippen LogP contribution in [0.2, 0.25) is 0 Å². The number of hydrogen-bond acceptors (Lipinski definition) is 6. The predicted molar refractivity (Wildman–Crippen MR) is 80.1 cm³/mol. The number of aryl methyl sites for hydroxylation is 1. The van der Waals surface area contributed by atoms with Crippen molar-refractivity contribution in [3.63, 3.8) is 0 Å². The van der Waals surface area contributed by atoms with Crippen molar-refractivity contribution < 1.29 is 28.3 Å². The van der Waals surface area contributed by atoms with Gasteiger partial charge in [0.05, 0.1) is 24.6 Å². The summed E-state index contributed by atoms with van der Waals surface area (Å²) in [6.45, 7) is 1.18. The number of furan rings is 1. The third kappa shape index (κ3) is 3.97. The van der Waals surface area contributed by atoms with Crippen LogP contribution in [0.3, 0.4) is 0 Å². The van der Waals surface area contributed by atoms with Crippen molar-refractivity contribution in [2.24, 2.45) is 0 Å². The molecule has 7 heteroatoms. The Kier molecular flexibility index (Phi) is 5.14. The van der Waals surface area contributed by atoms with Crippen LogP contribution < -0.4 is 5.32 Å². The van der Waals surface area contributed by atoms with Gasteiger partial charge in [-0.25, -0.2) is 9.59 Å². The molecule has 23 heavy (non-hydrogen) atoms. The van der Waals surface area contributed by atoms with E-state index in [1.807, 2.05) is 0 Å². The zero-order valence-corrected chi connectivity index (χ0v) is 12.6. The Labute approximate surface area is 132 Å². The Bertz CT molecular complexity index is 734. The number of carbonyl (C=O) groups is 3. The molecule has 0 saturated heterocycles. The molecule has 0 bridgehead atoms. The largest absolute Gasteiger partial charge is 0.465 e. The van der Waals surface area contributed by atoms with Gasteiger partial charge in [0.25, 0.3) is 5.91 Å². The van der Waals surface area contributed by atoms with Crippen molar-refractivity contribution in [1.29, 1.82) is 0 Å². The summed E-state index contributed by atoms with van der Waals surface area (Å²) in [5.74, 6) is -1.85. The molecule has 0 atom stereocenters. The Morgan fingerprint density at radius 3 is 2.52 bits per heavy atom. The fourth-order valence-electron chi connectivity index (χ4n) is 1.84. The van der Waals surface area contributed by atoms with Gasteiger partial charge >= 0.3 is 11.9 Å². The summed E-state index contributed by atoms with van der Waals surface area (Å²) < 4.78 is 14.5. The molecule has 0 saturated carbocycles. The number of hydrogen-bond donors (Lipinski definition) is 1. The van der Waals surface area contributed by atoms with E-state index in [1.165, 1.54) is 19.4 Å². The smallest absolute Gasteiger partial charge is 0.375 e. The van der Waals surface area contributed by atoms with Crippen LogP contribution in [0, 0.1) is 6.92 Å². The minimum absolute atomic E-state index is 0.0489. The number of methoxy groups -OCH3 is 1. The number of rotatable bonds is 5. The van der Waals surface area contributed by atoms with Crippen LogP contribution in [-0.2, 0) is 14.3 Å². The van der Waals surface area contributed by atoms with Crippen LogP contribution in [0.15, 0.2) is 41.0 Å². The molecule has 0 aliphatic rings. The quantitative estimate of drug-likeness (QED) is 0.849. The fraction of sp³-hybridized carbons (Fsp3) is 0.188. The average molecular weight is 317 g/mol. The highest BCUT2D eigenvalue weighted by atomic mass is 16.5. The van der Waals surface area contributed by atoms with Gasteiger partial charge in [0.2, 0.25) is 5.76 Å². The lowest BCUT2D eigenvalue weighted by Gasteiger charge is -2.09. The summed E-state index contributed by atoms with van der Waals surface area (Å²) >= 11 is 0. The lowest BCUT2D eigenvalue weighted by atomic mass is 10.2. The van der Waals surface area contributed by atoms with Gasteiger partial charge in [-0.15, -0.1) is 0 Å². The summed E-state index contributed by atoms with van der Waals surface area (Å²) in [5, 5.41) is 2.49. The molecule has 1 amide bonds. The second-order valence-corrected chi connectivity index (χ2v) is 4.59. The van der Waals surface area contributed by atoms with Crippen LogP contribution in [0.25, 0.3) is 0 Å². The molecule has 7 nitrogen and oxygen atoms in total. The molecule has 2 aromatic rings. The van der Waals surface area contributed by atoms with E-state index >= 15 is 0 Å². The first kappa shape index (κ1) is 16.3. The lowest BCUT2D eigenvalue weighted by molar-refractivity contribution is -0.119. The summed E-state index contributed by atoms with van der Waals surface area (Å²) in [5.41, 5.74) is 1.09. The number of carbonyl (C=O) groups excluding carboxylic acids is 3. The van der Waals surface area contributed by atoms with Gasteiger partial charge in [-0.1, -0.05) is 12.1 Å². The first-order valence-electron chi connectivity index (χ1n) is 6.71. The van der Waals surface area contributed by atoms with Crippen LogP contribution in [0.1, 0.15) is 26.5 Å². The van der Waals surface area contributed by atoms with Gasteiger partial charge in [0, 0.05) is 5.56 Å². The molecule has 0 unspecified atom stereocenters. The highest BCUT2D eigenvalue weighted by molar-refractivity contribution is 6.02. The summed E-state index contributed by atoms with van der Waals surface area (Å²) in [7, 11) is 1.24. The van der Waals surface area contributed by atoms with Crippen molar-refractivity contribution in [3.05, 3.63) is 53.5 Å². The van der Waals surface area contributed by atoms with Crippen LogP contribution in [0.4, 0.5) is 5.69 Å². The minimum atomic E-state index is -0.732. The number of ether oxygens (including phenoxy) is 2. The highest BCUT2D eigenvalue weighted by Gasteiger charge is 2.17. The zero-order chi connectivity index (χ0) is 16.8. The van der Waals surface area contributed by atoms with Crippen molar-refractivity contribution in [3.8, 4) is 0 Å². The fourth-order valence-corrected chi connectivity index (χ4v) is 1.84. The Morgan fingerprint density at radius 1 is 1.13 bits per heavy atom. The Balaban J connectivity index is 1.97. The van der Waals surface area contributed by atoms with Crippen LogP contribution >= 0.6 is 0 Å². The molecular weight excluding hydrogens is 302 g/mol. The van der Waals surface area contributed by atoms with Gasteiger partial charge in [-0.2, -0.15) is 0 Å². The predicted octanol–water partition coefficient (Wildman–Crippen LogP) is 2.17. The number of nitrogens with one attached hydrogen (secondary N) is 1. The monoisotopic (exact) mass is 317 g/mol. The van der Waals surface area contributed by atoms with E-state index in [0.29, 0.717) is 5.56 Å². The number of esters is 2. The molecule has 1 heterocycles. The maximum absolute atomic E-state index is 11.9. The van der Waals surface area contributed by atoms with Crippen molar-refractivity contribution >= 4 is 23.5 Å². The van der Waals surface area contributed by atoms with Gasteiger partial charge < -0.3 is 19.2 Å². The number of anilines is 1. The van der Waals surface area contributed by atoms with E-state index < -0.39 is 24.5 Å². The second kappa shape index (κ2) is 7.26. The van der Waals surface area contributed by atoms with Crippen molar-refractivity contribution in [1.82, 2.24) is 0 Å². The van der Waals surface area contributed by atoms with Crippen molar-refractivity contribution in [2.45, 2.75) is 6.92 Å². The zero-order valence-electron chi connectivity index (χ0n) is 12.6. The average Bonchev–Trinajstić information content (AvgIpc) is 2.98. The first-order chi connectivity index (χ1) is 11.0. The lowest BCUT2D eigenvalue weighted by Crippen LogP contribution is -2.22. The molecule has 0 fully saturated rings. The first-order valence-corrected chi connectivity index (χ1v) is 6.71. The third-order valence-electron chi connectivity index (χ3n) is 2.99. The minimum Gasteiger partial charge on any atom is -0.465 e. The summed E-state index contributed by atoms with van der Waals surface area (Å²) in [4.78, 5) is 35.2. The van der Waals surface area contributed by atoms with E-state index in [2.05, 4.69) is 10.1 Å². The molecular formula is C16H15NO6. The van der Waals surface area contributed by atoms with Gasteiger partial charge in [0.15, 0.2) is 6.61 Å². The molecule has 0 radical (unpaired) electrons. The topological polar surface area (TPSA) is 94.8 Å². The van der Waals surface area contributed by atoms with E-state index in [0.717, 1.165) is 0 Å². The maximum atomic E-state index is 11.9. The molecule has 1 N–H and O–H groups in total. The highest BCUT2D eigenvalue weighted by Crippen LogP contribution is 2.16. The number of para-hydroxylation sites is 1. The molecule has 1 aromatic carbocycles. The molecule has 1 aromatic heterocycles. The molecule has 0 aliphatic carbocycles. The Hall–Kier alpha value is -3.09. The molecule has 2 rings (SSSR count). The SMILES string of the molecule is COC(=O)c1ccccc1NC(=O)COC(=O)c1occc1C. The molecule has 120 valence electrons. The van der Waals surface area contributed by atoms with E-state index in [4.69, 9.17) is 9.15 Å². The van der Waals surface area contributed by atoms with Gasteiger partial charge in [-0.05, 0) is 25.1 Å². The molecule has 0 spiro atoms. The third-order valence-corrected chi connectivity index (χ3v) is 2.99. The van der Waals surface area contributed by atoms with E-state index in [1.54, 1.807) is 31.2 Å².